The van der Waals surface area contributed by atoms with Crippen LogP contribution >= 0.6 is 94.1 Å². The van der Waals surface area contributed by atoms with E-state index in [9.17, 15) is 0 Å². The molecular formula is C16H22O3S8. The molecule has 0 atom stereocenters. The highest BCUT2D eigenvalue weighted by Gasteiger charge is 2.30. The van der Waals surface area contributed by atoms with Gasteiger partial charge in [-0.1, -0.05) is 47.0 Å². The third-order valence-electron chi connectivity index (χ3n) is 3.28. The van der Waals surface area contributed by atoms with Crippen molar-refractivity contribution in [3.8, 4) is 0 Å². The summed E-state index contributed by atoms with van der Waals surface area (Å²) >= 11 is 15.3. The Kier molecular flexibility index (Phi) is 11.6. The topological polar surface area (TPSA) is 27.7 Å². The Labute approximate surface area is 195 Å². The molecule has 4 bridgehead atoms. The summed E-state index contributed by atoms with van der Waals surface area (Å²) in [7, 11) is 0. The standard InChI is InChI=1S/C16H22O3S8/c1-20-11-13-22-9-7-18-5-3-17-4-6-19-8-10-23-14-12(21-2)25-16(27-14)15(24-11)26-13/h3-10H2,1-2H3. The zero-order valence-corrected chi connectivity index (χ0v) is 21.7. The Morgan fingerprint density at radius 2 is 0.963 bits per heavy atom. The second-order valence-corrected chi connectivity index (χ2v) is 14.6. The molecule has 3 aliphatic rings. The molecule has 0 aromatic carbocycles. The largest absolute Gasteiger partial charge is 0.378 e. The normalized spacial score (nSPS) is 24.2. The summed E-state index contributed by atoms with van der Waals surface area (Å²) < 4.78 is 25.5. The van der Waals surface area contributed by atoms with Gasteiger partial charge in [0.2, 0.25) is 0 Å². The molecule has 3 heterocycles. The van der Waals surface area contributed by atoms with Crippen LogP contribution in [0.3, 0.4) is 0 Å². The van der Waals surface area contributed by atoms with Crippen molar-refractivity contribution in [1.82, 2.24) is 0 Å². The van der Waals surface area contributed by atoms with Crippen LogP contribution in [0, 0.1) is 0 Å². The van der Waals surface area contributed by atoms with E-state index in [4.69, 9.17) is 14.2 Å². The number of hydrogen-bond donors (Lipinski definition) is 0. The van der Waals surface area contributed by atoms with Gasteiger partial charge in [0.05, 0.1) is 65.1 Å². The van der Waals surface area contributed by atoms with Crippen LogP contribution in [-0.2, 0) is 14.2 Å². The van der Waals surface area contributed by atoms with Crippen LogP contribution in [-0.4, -0.2) is 63.7 Å². The smallest absolute Gasteiger partial charge is 0.0717 e. The fourth-order valence-corrected chi connectivity index (χ4v) is 13.1. The highest BCUT2D eigenvalue weighted by Crippen LogP contribution is 2.65. The van der Waals surface area contributed by atoms with Crippen molar-refractivity contribution >= 4 is 94.1 Å². The molecule has 3 rings (SSSR count). The average molecular weight is 519 g/mol. The van der Waals surface area contributed by atoms with E-state index in [1.807, 2.05) is 94.1 Å². The van der Waals surface area contributed by atoms with Crippen molar-refractivity contribution in [2.75, 3.05) is 63.7 Å². The summed E-state index contributed by atoms with van der Waals surface area (Å²) in [5.41, 5.74) is 0. The first-order valence-corrected chi connectivity index (χ1v) is 16.0. The summed E-state index contributed by atoms with van der Waals surface area (Å²) in [4.78, 5) is 0. The summed E-state index contributed by atoms with van der Waals surface area (Å²) in [6.07, 6.45) is 4.34. The minimum atomic E-state index is 0.639. The second-order valence-electron chi connectivity index (χ2n) is 5.08. The molecule has 0 aromatic rings. The molecule has 3 aliphatic heterocycles. The number of fused-ring (bicyclic) bond motifs is 4. The van der Waals surface area contributed by atoms with Crippen LogP contribution in [0.1, 0.15) is 0 Å². The van der Waals surface area contributed by atoms with Gasteiger partial charge in [-0.3, -0.25) is 0 Å². The SMILES string of the molecule is CSC1=C2SCCOCCOCCOCCSC3=C(SC)SC(=C(S1)S2)S3. The molecule has 0 fully saturated rings. The lowest BCUT2D eigenvalue weighted by Gasteiger charge is -2.07. The lowest BCUT2D eigenvalue weighted by molar-refractivity contribution is 0.0205. The summed E-state index contributed by atoms with van der Waals surface area (Å²) in [5, 5.41) is 0. The first-order valence-electron chi connectivity index (χ1n) is 8.33. The maximum absolute atomic E-state index is 5.69. The highest BCUT2D eigenvalue weighted by atomic mass is 32.3. The Morgan fingerprint density at radius 3 is 1.37 bits per heavy atom. The van der Waals surface area contributed by atoms with Crippen LogP contribution in [0.15, 0.2) is 25.4 Å². The van der Waals surface area contributed by atoms with E-state index in [2.05, 4.69) is 12.5 Å². The molecule has 27 heavy (non-hydrogen) atoms. The molecule has 0 aliphatic carbocycles. The molecule has 11 heteroatoms. The average Bonchev–Trinajstić information content (AvgIpc) is 3.28. The van der Waals surface area contributed by atoms with Gasteiger partial charge in [-0.05, 0) is 12.5 Å². The fraction of sp³-hybridized carbons (Fsp3) is 0.625. The molecule has 0 N–H and O–H groups in total. The maximum Gasteiger partial charge on any atom is 0.0717 e. The first-order chi connectivity index (χ1) is 13.3. The number of hydrogen-bond acceptors (Lipinski definition) is 11. The van der Waals surface area contributed by atoms with Gasteiger partial charge in [-0.15, -0.1) is 47.0 Å². The van der Waals surface area contributed by atoms with Gasteiger partial charge in [0.25, 0.3) is 0 Å². The molecule has 152 valence electrons. The van der Waals surface area contributed by atoms with Gasteiger partial charge in [0.1, 0.15) is 0 Å². The van der Waals surface area contributed by atoms with Gasteiger partial charge in [0, 0.05) is 11.5 Å². The molecule has 0 amide bonds. The molecular weight excluding hydrogens is 497 g/mol. The highest BCUT2D eigenvalue weighted by molar-refractivity contribution is 8.45. The Bertz CT molecular complexity index is 554. The van der Waals surface area contributed by atoms with Crippen LogP contribution in [0.5, 0.6) is 0 Å². The molecule has 0 saturated carbocycles. The lowest BCUT2D eigenvalue weighted by Crippen LogP contribution is -2.11. The van der Waals surface area contributed by atoms with E-state index >= 15 is 0 Å². The monoisotopic (exact) mass is 518 g/mol. The third-order valence-corrected chi connectivity index (χ3v) is 14.5. The van der Waals surface area contributed by atoms with Crippen molar-refractivity contribution in [3.63, 3.8) is 0 Å². The van der Waals surface area contributed by atoms with Crippen molar-refractivity contribution in [1.29, 1.82) is 0 Å². The second kappa shape index (κ2) is 13.3. The Balaban J connectivity index is 1.65. The van der Waals surface area contributed by atoms with E-state index in [-0.39, 0.29) is 0 Å². The van der Waals surface area contributed by atoms with Crippen LogP contribution in [0.2, 0.25) is 0 Å². The van der Waals surface area contributed by atoms with Crippen molar-refractivity contribution in [3.05, 3.63) is 25.4 Å². The number of ether oxygens (including phenoxy) is 3. The molecule has 0 radical (unpaired) electrons. The summed E-state index contributed by atoms with van der Waals surface area (Å²) in [6.45, 7) is 4.10. The van der Waals surface area contributed by atoms with Crippen molar-refractivity contribution in [2.45, 2.75) is 0 Å². The van der Waals surface area contributed by atoms with Crippen LogP contribution in [0.4, 0.5) is 0 Å². The van der Waals surface area contributed by atoms with Gasteiger partial charge >= 0.3 is 0 Å². The first kappa shape index (κ1) is 23.6. The minimum absolute atomic E-state index is 0.639. The maximum atomic E-state index is 5.69. The van der Waals surface area contributed by atoms with Crippen LogP contribution in [0.25, 0.3) is 0 Å². The van der Waals surface area contributed by atoms with E-state index in [1.54, 1.807) is 0 Å². The number of thioether (sulfide) groups is 8. The predicted octanol–water partition coefficient (Wildman–Crippen LogP) is 6.58. The predicted molar refractivity (Wildman–Crippen MR) is 136 cm³/mol. The van der Waals surface area contributed by atoms with E-state index in [0.717, 1.165) is 24.7 Å². The lowest BCUT2D eigenvalue weighted by atomic mass is 10.7. The third kappa shape index (κ3) is 7.52. The zero-order chi connectivity index (χ0) is 18.9. The zero-order valence-electron chi connectivity index (χ0n) is 15.1. The number of rotatable bonds is 2. The molecule has 3 nitrogen and oxygen atoms in total. The fourth-order valence-electron chi connectivity index (χ4n) is 2.07. The van der Waals surface area contributed by atoms with Gasteiger partial charge in [0.15, 0.2) is 0 Å². The Hall–Kier alpha value is 1.90. The van der Waals surface area contributed by atoms with Gasteiger partial charge in [-0.2, -0.15) is 0 Å². The minimum Gasteiger partial charge on any atom is -0.378 e. The quantitative estimate of drug-likeness (QED) is 0.396. The molecule has 0 saturated heterocycles. The van der Waals surface area contributed by atoms with Crippen molar-refractivity contribution in [2.24, 2.45) is 0 Å². The Morgan fingerprint density at radius 1 is 0.556 bits per heavy atom. The van der Waals surface area contributed by atoms with Gasteiger partial charge in [-0.25, -0.2) is 0 Å². The molecule has 0 spiro atoms. The van der Waals surface area contributed by atoms with Gasteiger partial charge < -0.3 is 14.2 Å². The summed E-state index contributed by atoms with van der Waals surface area (Å²) in [6, 6.07) is 0. The molecule has 0 unspecified atom stereocenters. The van der Waals surface area contributed by atoms with E-state index in [1.165, 1.54) is 25.4 Å². The van der Waals surface area contributed by atoms with Crippen molar-refractivity contribution < 1.29 is 14.2 Å². The van der Waals surface area contributed by atoms with E-state index < -0.39 is 0 Å². The van der Waals surface area contributed by atoms with E-state index in [0.29, 0.717) is 26.4 Å². The van der Waals surface area contributed by atoms with Crippen LogP contribution < -0.4 is 0 Å². The summed E-state index contributed by atoms with van der Waals surface area (Å²) in [5.74, 6) is 1.96. The molecule has 0 aromatic heterocycles.